The van der Waals surface area contributed by atoms with Crippen LogP contribution in [0, 0.1) is 0 Å². The molecule has 1 aromatic heterocycles. The second kappa shape index (κ2) is 6.00. The maximum absolute atomic E-state index is 12.5. The second-order valence-electron chi connectivity index (χ2n) is 4.56. The molecule has 0 aliphatic carbocycles. The van der Waals surface area contributed by atoms with Crippen molar-refractivity contribution in [2.24, 2.45) is 0 Å². The molecule has 5 nitrogen and oxygen atoms in total. The van der Waals surface area contributed by atoms with E-state index in [1.54, 1.807) is 0 Å². The lowest BCUT2D eigenvalue weighted by Gasteiger charge is -2.07. The zero-order valence-electron chi connectivity index (χ0n) is 11.1. The zero-order chi connectivity index (χ0) is 16.3. The molecule has 0 saturated heterocycles. The molecule has 0 unspecified atom stereocenters. The monoisotopic (exact) mass is 312 g/mol. The van der Waals surface area contributed by atoms with Crippen molar-refractivity contribution in [1.29, 1.82) is 0 Å². The average molecular weight is 312 g/mol. The minimum Gasteiger partial charge on any atom is -0.481 e. The highest BCUT2D eigenvalue weighted by molar-refractivity contribution is 5.67. The fraction of sp³-hybridized carbons (Fsp3) is 0.214. The quantitative estimate of drug-likeness (QED) is 0.908. The Morgan fingerprint density at radius 1 is 1.23 bits per heavy atom. The number of aryl methyl sites for hydroxylation is 1. The molecule has 0 saturated carbocycles. The highest BCUT2D eigenvalue weighted by Gasteiger charge is 2.30. The Hall–Kier alpha value is -2.64. The molecule has 116 valence electrons. The van der Waals surface area contributed by atoms with Crippen molar-refractivity contribution < 1.29 is 23.1 Å². The van der Waals surface area contributed by atoms with E-state index in [4.69, 9.17) is 5.11 Å². The van der Waals surface area contributed by atoms with Gasteiger partial charge in [-0.2, -0.15) is 13.2 Å². The summed E-state index contributed by atoms with van der Waals surface area (Å²) in [5, 5.41) is 8.57. The number of alkyl halides is 3. The molecule has 0 spiro atoms. The van der Waals surface area contributed by atoms with Crippen molar-refractivity contribution in [1.82, 2.24) is 9.97 Å². The number of hydrogen-bond donors (Lipinski definition) is 2. The normalized spacial score (nSPS) is 11.4. The van der Waals surface area contributed by atoms with Crippen LogP contribution in [0.15, 0.2) is 35.3 Å². The molecule has 8 heteroatoms. The number of aromatic nitrogens is 2. The van der Waals surface area contributed by atoms with Crippen LogP contribution in [-0.4, -0.2) is 21.0 Å². The molecule has 2 aromatic rings. The van der Waals surface area contributed by atoms with Gasteiger partial charge in [0.05, 0.1) is 5.56 Å². The number of carboxylic acid groups (broad SMARTS) is 1. The van der Waals surface area contributed by atoms with E-state index < -0.39 is 23.3 Å². The van der Waals surface area contributed by atoms with E-state index in [1.165, 1.54) is 18.3 Å². The summed E-state index contributed by atoms with van der Waals surface area (Å²) in [5.74, 6) is -0.913. The Balaban J connectivity index is 2.25. The number of halogens is 3. The van der Waals surface area contributed by atoms with Gasteiger partial charge < -0.3 is 10.1 Å². The molecule has 1 aromatic carbocycles. The van der Waals surface area contributed by atoms with Gasteiger partial charge >= 0.3 is 12.1 Å². The van der Waals surface area contributed by atoms with Crippen molar-refractivity contribution in [2.75, 3.05) is 0 Å². The summed E-state index contributed by atoms with van der Waals surface area (Å²) >= 11 is 0. The Morgan fingerprint density at radius 3 is 2.36 bits per heavy atom. The number of aliphatic carboxylic acids is 1. The summed E-state index contributed by atoms with van der Waals surface area (Å²) < 4.78 is 37.4. The molecule has 0 atom stereocenters. The first kappa shape index (κ1) is 15.7. The highest BCUT2D eigenvalue weighted by Crippen LogP contribution is 2.30. The van der Waals surface area contributed by atoms with Crippen molar-refractivity contribution in [3.05, 3.63) is 51.9 Å². The Kier molecular flexibility index (Phi) is 4.30. The van der Waals surface area contributed by atoms with Crippen molar-refractivity contribution in [2.45, 2.75) is 19.0 Å². The topological polar surface area (TPSA) is 83.0 Å². The largest absolute Gasteiger partial charge is 0.481 e. The van der Waals surface area contributed by atoms with Crippen molar-refractivity contribution in [3.8, 4) is 11.4 Å². The molecule has 0 radical (unpaired) electrons. The Labute approximate surface area is 122 Å². The van der Waals surface area contributed by atoms with E-state index in [0.29, 0.717) is 5.56 Å². The molecule has 22 heavy (non-hydrogen) atoms. The van der Waals surface area contributed by atoms with Gasteiger partial charge in [-0.3, -0.25) is 9.59 Å². The smallest absolute Gasteiger partial charge is 0.416 e. The van der Waals surface area contributed by atoms with Crippen molar-refractivity contribution in [3.63, 3.8) is 0 Å². The number of hydrogen-bond acceptors (Lipinski definition) is 3. The molecule has 0 bridgehead atoms. The van der Waals surface area contributed by atoms with E-state index in [0.717, 1.165) is 12.1 Å². The molecular formula is C14H11F3N2O3. The fourth-order valence-corrected chi connectivity index (χ4v) is 1.80. The lowest BCUT2D eigenvalue weighted by molar-refractivity contribution is -0.138. The first-order valence-corrected chi connectivity index (χ1v) is 6.25. The summed E-state index contributed by atoms with van der Waals surface area (Å²) in [6.07, 6.45) is -3.37. The number of nitrogens with zero attached hydrogens (tertiary/aromatic N) is 1. The Morgan fingerprint density at radius 2 is 1.86 bits per heavy atom. The fourth-order valence-electron chi connectivity index (χ4n) is 1.80. The third kappa shape index (κ3) is 3.72. The first-order chi connectivity index (χ1) is 10.3. The summed E-state index contributed by atoms with van der Waals surface area (Å²) in [5.41, 5.74) is -0.768. The number of aromatic amines is 1. The first-order valence-electron chi connectivity index (χ1n) is 6.25. The predicted molar refractivity (Wildman–Crippen MR) is 71.3 cm³/mol. The van der Waals surface area contributed by atoms with Gasteiger partial charge in [-0.1, -0.05) is 12.1 Å². The van der Waals surface area contributed by atoms with Crippen LogP contribution in [-0.2, 0) is 17.4 Å². The number of carboxylic acids is 1. The van der Waals surface area contributed by atoms with Gasteiger partial charge in [0.25, 0.3) is 5.56 Å². The third-order valence-corrected chi connectivity index (χ3v) is 2.97. The minimum absolute atomic E-state index is 0.0327. The lowest BCUT2D eigenvalue weighted by atomic mass is 10.1. The summed E-state index contributed by atoms with van der Waals surface area (Å²) in [6, 6.07) is 4.21. The number of carbonyl (C=O) groups is 1. The van der Waals surface area contributed by atoms with Gasteiger partial charge in [0.2, 0.25) is 0 Å². The van der Waals surface area contributed by atoms with Gasteiger partial charge in [-0.15, -0.1) is 0 Å². The van der Waals surface area contributed by atoms with Gasteiger partial charge in [0, 0.05) is 23.7 Å². The minimum atomic E-state index is -4.43. The SMILES string of the molecule is O=C(O)CCc1cnc(-c2ccc(C(F)(F)F)cc2)[nH]c1=O. The van der Waals surface area contributed by atoms with Crippen LogP contribution < -0.4 is 5.56 Å². The molecule has 0 aliphatic heterocycles. The van der Waals surface area contributed by atoms with Crippen molar-refractivity contribution >= 4 is 5.97 Å². The van der Waals surface area contributed by atoms with E-state index >= 15 is 0 Å². The van der Waals surface area contributed by atoms with E-state index in [1.807, 2.05) is 0 Å². The van der Waals surface area contributed by atoms with E-state index in [9.17, 15) is 22.8 Å². The summed E-state index contributed by atoms with van der Waals surface area (Å²) in [4.78, 5) is 28.6. The van der Waals surface area contributed by atoms with Gasteiger partial charge in [0.1, 0.15) is 5.82 Å². The van der Waals surface area contributed by atoms with Gasteiger partial charge in [-0.25, -0.2) is 4.98 Å². The van der Waals surface area contributed by atoms with Crippen LogP contribution in [0.3, 0.4) is 0 Å². The predicted octanol–water partition coefficient (Wildman–Crippen LogP) is 2.47. The lowest BCUT2D eigenvalue weighted by Crippen LogP contribution is -2.15. The second-order valence-corrected chi connectivity index (χ2v) is 4.56. The maximum atomic E-state index is 12.5. The average Bonchev–Trinajstić information content (AvgIpc) is 2.45. The third-order valence-electron chi connectivity index (χ3n) is 2.97. The van der Waals surface area contributed by atoms with Crippen LogP contribution in [0.25, 0.3) is 11.4 Å². The van der Waals surface area contributed by atoms with Crippen LogP contribution in [0.2, 0.25) is 0 Å². The molecule has 0 amide bonds. The molecule has 0 fully saturated rings. The maximum Gasteiger partial charge on any atom is 0.416 e. The molecule has 0 aliphatic rings. The number of benzene rings is 1. The number of H-pyrrole nitrogens is 1. The van der Waals surface area contributed by atoms with Gasteiger partial charge in [-0.05, 0) is 18.6 Å². The van der Waals surface area contributed by atoms with E-state index in [2.05, 4.69) is 9.97 Å². The van der Waals surface area contributed by atoms with Crippen LogP contribution in [0.4, 0.5) is 13.2 Å². The summed E-state index contributed by atoms with van der Waals surface area (Å²) in [7, 11) is 0. The number of nitrogens with one attached hydrogen (secondary N) is 1. The molecular weight excluding hydrogens is 301 g/mol. The standard InChI is InChI=1S/C14H11F3N2O3/c15-14(16,17)10-4-1-8(2-5-10)12-18-7-9(13(22)19-12)3-6-11(20)21/h1-2,4-5,7H,3,6H2,(H,20,21)(H,18,19,22). The molecule has 1 heterocycles. The summed E-state index contributed by atoms with van der Waals surface area (Å²) in [6.45, 7) is 0. The Bertz CT molecular complexity index is 736. The molecule has 2 rings (SSSR count). The number of rotatable bonds is 4. The van der Waals surface area contributed by atoms with Crippen LogP contribution in [0.5, 0.6) is 0 Å². The van der Waals surface area contributed by atoms with E-state index in [-0.39, 0.29) is 24.2 Å². The van der Waals surface area contributed by atoms with Gasteiger partial charge in [0.15, 0.2) is 0 Å². The zero-order valence-corrected chi connectivity index (χ0v) is 11.1. The van der Waals surface area contributed by atoms with Crippen LogP contribution >= 0.6 is 0 Å². The highest BCUT2D eigenvalue weighted by atomic mass is 19.4. The van der Waals surface area contributed by atoms with Crippen LogP contribution in [0.1, 0.15) is 17.5 Å². The molecule has 2 N–H and O–H groups in total.